The molecule has 34 heavy (non-hydrogen) atoms. The summed E-state index contributed by atoms with van der Waals surface area (Å²) in [4.78, 5) is 13.0. The van der Waals surface area contributed by atoms with Gasteiger partial charge in [0.2, 0.25) is 5.95 Å². The number of nitrogens with zero attached hydrogens (tertiary/aromatic N) is 6. The molecule has 8 nitrogen and oxygen atoms in total. The van der Waals surface area contributed by atoms with Gasteiger partial charge in [-0.25, -0.2) is 13.8 Å². The first-order valence-electron chi connectivity index (χ1n) is 10.8. The fraction of sp³-hybridized carbons (Fsp3) is 0.375. The Morgan fingerprint density at radius 1 is 1.15 bits per heavy atom. The van der Waals surface area contributed by atoms with Crippen LogP contribution < -0.4 is 10.1 Å². The van der Waals surface area contributed by atoms with Gasteiger partial charge >= 0.3 is 0 Å². The van der Waals surface area contributed by atoms with E-state index >= 15 is 0 Å². The van der Waals surface area contributed by atoms with E-state index < -0.39 is 12.2 Å². The third kappa shape index (κ3) is 3.34. The van der Waals surface area contributed by atoms with E-state index in [-0.39, 0.29) is 33.9 Å². The Hall–Kier alpha value is -4.05. The van der Waals surface area contributed by atoms with Gasteiger partial charge in [-0.15, -0.1) is 0 Å². The molecule has 6 rings (SSSR count). The largest absolute Gasteiger partial charge is 0.436 e. The molecule has 3 aromatic rings. The fourth-order valence-corrected chi connectivity index (χ4v) is 5.16. The summed E-state index contributed by atoms with van der Waals surface area (Å²) in [6.07, 6.45) is 2.41. The van der Waals surface area contributed by atoms with Gasteiger partial charge in [-0.1, -0.05) is 0 Å². The van der Waals surface area contributed by atoms with Crippen LogP contribution >= 0.6 is 0 Å². The molecule has 0 radical (unpaired) electrons. The molecule has 2 heterocycles. The first kappa shape index (κ1) is 21.8. The van der Waals surface area contributed by atoms with Crippen LogP contribution in [-0.2, 0) is 7.05 Å². The molecule has 2 aromatic heterocycles. The normalized spacial score (nSPS) is 22.8. The number of rotatable bonds is 6. The predicted molar refractivity (Wildman–Crippen MR) is 120 cm³/mol. The molecule has 0 aliphatic heterocycles. The van der Waals surface area contributed by atoms with Gasteiger partial charge in [-0.2, -0.15) is 20.5 Å². The summed E-state index contributed by atoms with van der Waals surface area (Å²) in [5.74, 6) is 0.457. The number of alkyl halides is 2. The molecule has 0 spiro atoms. The first-order chi connectivity index (χ1) is 16.2. The minimum Gasteiger partial charge on any atom is -0.436 e. The van der Waals surface area contributed by atoms with E-state index in [1.807, 2.05) is 32.0 Å². The van der Waals surface area contributed by atoms with Gasteiger partial charge in [0, 0.05) is 18.7 Å². The molecule has 3 aliphatic carbocycles. The lowest BCUT2D eigenvalue weighted by Gasteiger charge is -2.66. The molecule has 172 valence electrons. The smallest absolute Gasteiger partial charge is 0.295 e. The highest BCUT2D eigenvalue weighted by atomic mass is 19.3. The topological polar surface area (TPSA) is 112 Å². The molecule has 0 amide bonds. The van der Waals surface area contributed by atoms with Crippen molar-refractivity contribution in [1.29, 1.82) is 10.5 Å². The van der Waals surface area contributed by atoms with E-state index in [1.54, 1.807) is 6.08 Å². The Morgan fingerprint density at radius 2 is 1.82 bits per heavy atom. The number of nitrogens with one attached hydrogen (secondary N) is 1. The SMILES string of the molecule is Cc1cc(/C=C/C#N)cc(C)c1Oc1nc(NC23CC(C#N)(C2)C3)nc2nc(C(F)F)n(C)c12. The Kier molecular flexibility index (Phi) is 4.80. The maximum atomic E-state index is 13.6. The van der Waals surface area contributed by atoms with E-state index in [0.29, 0.717) is 25.0 Å². The van der Waals surface area contributed by atoms with Crippen molar-refractivity contribution in [2.45, 2.75) is 45.1 Å². The number of hydrogen-bond donors (Lipinski definition) is 1. The summed E-state index contributed by atoms with van der Waals surface area (Å²) in [7, 11) is 1.48. The van der Waals surface area contributed by atoms with Gasteiger partial charge in [0.25, 0.3) is 12.3 Å². The lowest BCUT2D eigenvalue weighted by molar-refractivity contribution is -0.0665. The molecular formula is C24H21F2N7O. The number of imidazole rings is 1. The maximum absolute atomic E-state index is 13.6. The number of aromatic nitrogens is 4. The van der Waals surface area contributed by atoms with Crippen LogP contribution in [0.4, 0.5) is 14.7 Å². The second kappa shape index (κ2) is 7.49. The van der Waals surface area contributed by atoms with Gasteiger partial charge in [0.05, 0.1) is 17.6 Å². The van der Waals surface area contributed by atoms with Crippen LogP contribution in [-0.4, -0.2) is 25.1 Å². The van der Waals surface area contributed by atoms with Gasteiger partial charge in [-0.3, -0.25) is 0 Å². The van der Waals surface area contributed by atoms with Gasteiger partial charge < -0.3 is 14.6 Å². The Bertz CT molecular complexity index is 1400. The van der Waals surface area contributed by atoms with Crippen LogP contribution in [0.2, 0.25) is 0 Å². The summed E-state index contributed by atoms with van der Waals surface area (Å²) in [5.41, 5.74) is 2.29. The number of allylic oxidation sites excluding steroid dienone is 1. The zero-order chi connectivity index (χ0) is 24.3. The third-order valence-electron chi connectivity index (χ3n) is 6.60. The lowest BCUT2D eigenvalue weighted by Crippen LogP contribution is -2.70. The molecule has 1 aromatic carbocycles. The highest BCUT2D eigenvalue weighted by Crippen LogP contribution is 2.67. The van der Waals surface area contributed by atoms with Crippen LogP contribution in [0.1, 0.15) is 48.2 Å². The molecule has 3 aliphatic rings. The number of ether oxygens (including phenoxy) is 1. The fourth-order valence-electron chi connectivity index (χ4n) is 5.16. The highest BCUT2D eigenvalue weighted by Gasteiger charge is 2.69. The molecule has 3 fully saturated rings. The lowest BCUT2D eigenvalue weighted by atomic mass is 9.40. The number of aryl methyl sites for hydroxylation is 3. The number of halogens is 2. The van der Waals surface area contributed by atoms with Crippen LogP contribution in [0.25, 0.3) is 17.2 Å². The Balaban J connectivity index is 1.56. The standard InChI is InChI=1S/C24H21F2N7O/c1-13-7-15(5-4-6-27)8-14(2)17(13)34-21-16-19(29-20(18(25)26)33(16)3)30-22(31-21)32-24-9-23(10-24,11-24)12-28/h4-5,7-8,18H,9-11H2,1-3H3,(H,30,31,32)/b5-4+. The van der Waals surface area contributed by atoms with Gasteiger partial charge in [0.15, 0.2) is 17.0 Å². The zero-order valence-electron chi connectivity index (χ0n) is 18.9. The van der Waals surface area contributed by atoms with Crippen molar-refractivity contribution >= 4 is 23.2 Å². The molecule has 0 unspecified atom stereocenters. The van der Waals surface area contributed by atoms with E-state index in [0.717, 1.165) is 16.7 Å². The van der Waals surface area contributed by atoms with Crippen molar-refractivity contribution in [3.63, 3.8) is 0 Å². The van der Waals surface area contributed by atoms with E-state index in [2.05, 4.69) is 26.3 Å². The molecule has 0 atom stereocenters. The van der Waals surface area contributed by atoms with E-state index in [9.17, 15) is 14.0 Å². The number of nitriles is 2. The average Bonchev–Trinajstić information content (AvgIpc) is 3.07. The minimum absolute atomic E-state index is 0.107. The Labute approximate surface area is 194 Å². The van der Waals surface area contributed by atoms with E-state index in [4.69, 9.17) is 10.00 Å². The minimum atomic E-state index is -2.79. The second-order valence-electron chi connectivity index (χ2n) is 9.23. The molecule has 0 saturated heterocycles. The summed E-state index contributed by atoms with van der Waals surface area (Å²) in [6, 6.07) is 8.05. The summed E-state index contributed by atoms with van der Waals surface area (Å²) in [6.45, 7) is 3.72. The first-order valence-corrected chi connectivity index (χ1v) is 10.8. The van der Waals surface area contributed by atoms with Gasteiger partial charge in [0.1, 0.15) is 5.75 Å². The third-order valence-corrected chi connectivity index (χ3v) is 6.60. The number of anilines is 1. The molecule has 3 saturated carbocycles. The van der Waals surface area contributed by atoms with Gasteiger partial charge in [-0.05, 0) is 68.0 Å². The number of fused-ring (bicyclic) bond motifs is 1. The van der Waals surface area contributed by atoms with Crippen LogP contribution in [0.3, 0.4) is 0 Å². The van der Waals surface area contributed by atoms with Crippen molar-refractivity contribution in [3.05, 3.63) is 40.7 Å². The molecule has 1 N–H and O–H groups in total. The maximum Gasteiger partial charge on any atom is 0.295 e. The molecule has 2 bridgehead atoms. The zero-order valence-corrected chi connectivity index (χ0v) is 18.9. The summed E-state index contributed by atoms with van der Waals surface area (Å²) in [5, 5.41) is 21.4. The predicted octanol–water partition coefficient (Wildman–Crippen LogP) is 5.11. The summed E-state index contributed by atoms with van der Waals surface area (Å²) >= 11 is 0. The average molecular weight is 461 g/mol. The number of benzene rings is 1. The van der Waals surface area contributed by atoms with Crippen LogP contribution in [0.5, 0.6) is 11.6 Å². The number of hydrogen-bond acceptors (Lipinski definition) is 7. The monoisotopic (exact) mass is 461 g/mol. The quantitative estimate of drug-likeness (QED) is 0.508. The molecule has 10 heteroatoms. The van der Waals surface area contributed by atoms with E-state index in [1.165, 1.54) is 17.7 Å². The van der Waals surface area contributed by atoms with Crippen molar-refractivity contribution < 1.29 is 13.5 Å². The summed E-state index contributed by atoms with van der Waals surface area (Å²) < 4.78 is 34.6. The van der Waals surface area contributed by atoms with Crippen molar-refractivity contribution in [1.82, 2.24) is 19.5 Å². The Morgan fingerprint density at radius 3 is 2.41 bits per heavy atom. The second-order valence-corrected chi connectivity index (χ2v) is 9.23. The van der Waals surface area contributed by atoms with Crippen LogP contribution in [0.15, 0.2) is 18.2 Å². The van der Waals surface area contributed by atoms with Crippen molar-refractivity contribution in [3.8, 4) is 23.8 Å². The highest BCUT2D eigenvalue weighted by molar-refractivity contribution is 5.79. The van der Waals surface area contributed by atoms with Crippen molar-refractivity contribution in [2.24, 2.45) is 12.5 Å². The van der Waals surface area contributed by atoms with Crippen LogP contribution in [0, 0.1) is 41.9 Å². The van der Waals surface area contributed by atoms with Crippen molar-refractivity contribution in [2.75, 3.05) is 5.32 Å². The molecular weight excluding hydrogens is 440 g/mol.